The molecule has 2 aromatic heterocycles. The Balaban J connectivity index is 1.58. The summed E-state index contributed by atoms with van der Waals surface area (Å²) >= 11 is 3.27. The maximum absolute atomic E-state index is 12.3. The van der Waals surface area contributed by atoms with Gasteiger partial charge < -0.3 is 4.90 Å². The average Bonchev–Trinajstić information content (AvgIpc) is 3.10. The number of carbonyl (C=O) groups is 1. The molecule has 0 saturated carbocycles. The van der Waals surface area contributed by atoms with Gasteiger partial charge in [-0.3, -0.25) is 9.69 Å². The lowest BCUT2D eigenvalue weighted by Crippen LogP contribution is -2.34. The van der Waals surface area contributed by atoms with E-state index < -0.39 is 0 Å². The van der Waals surface area contributed by atoms with Gasteiger partial charge in [0.2, 0.25) is 0 Å². The van der Waals surface area contributed by atoms with Gasteiger partial charge in [-0.2, -0.15) is 11.3 Å². The molecular weight excluding hydrogens is 290 g/mol. The minimum Gasteiger partial charge on any atom is -0.337 e. The molecule has 0 spiro atoms. The highest BCUT2D eigenvalue weighted by Crippen LogP contribution is 2.14. The third kappa shape index (κ3) is 3.26. The highest BCUT2D eigenvalue weighted by molar-refractivity contribution is 7.09. The van der Waals surface area contributed by atoms with Crippen LogP contribution in [0, 0.1) is 0 Å². The van der Waals surface area contributed by atoms with Crippen LogP contribution in [-0.4, -0.2) is 46.9 Å². The van der Waals surface area contributed by atoms with Crippen LogP contribution in [0.4, 0.5) is 0 Å². The molecule has 0 aromatic carbocycles. The monoisotopic (exact) mass is 307 g/mol. The molecule has 1 aliphatic heterocycles. The molecule has 0 N–H and O–H groups in total. The number of hydrogen-bond acceptors (Lipinski definition) is 5. The highest BCUT2D eigenvalue weighted by Gasteiger charge is 2.20. The van der Waals surface area contributed by atoms with Crippen LogP contribution in [0.15, 0.2) is 28.4 Å². The molecule has 0 aliphatic carbocycles. The van der Waals surface area contributed by atoms with E-state index in [2.05, 4.69) is 9.88 Å². The Labute approximate surface area is 126 Å². The number of aromatic nitrogens is 1. The Morgan fingerprint density at radius 1 is 1.25 bits per heavy atom. The van der Waals surface area contributed by atoms with E-state index in [1.54, 1.807) is 22.7 Å². The topological polar surface area (TPSA) is 36.4 Å². The number of hydrogen-bond donors (Lipinski definition) is 0. The van der Waals surface area contributed by atoms with Crippen LogP contribution in [0.3, 0.4) is 0 Å². The van der Waals surface area contributed by atoms with Crippen molar-refractivity contribution < 1.29 is 4.79 Å². The van der Waals surface area contributed by atoms with Crippen molar-refractivity contribution in [3.8, 4) is 0 Å². The second-order valence-electron chi connectivity index (χ2n) is 4.86. The fraction of sp³-hybridized carbons (Fsp3) is 0.429. The first-order valence-electron chi connectivity index (χ1n) is 6.75. The van der Waals surface area contributed by atoms with Gasteiger partial charge in [0.1, 0.15) is 5.01 Å². The van der Waals surface area contributed by atoms with Crippen LogP contribution in [0.2, 0.25) is 0 Å². The Kier molecular flexibility index (Phi) is 4.44. The molecule has 0 radical (unpaired) electrons. The highest BCUT2D eigenvalue weighted by atomic mass is 32.1. The van der Waals surface area contributed by atoms with Crippen molar-refractivity contribution in [2.45, 2.75) is 13.0 Å². The van der Waals surface area contributed by atoms with E-state index >= 15 is 0 Å². The van der Waals surface area contributed by atoms with Crippen molar-refractivity contribution in [1.29, 1.82) is 0 Å². The number of thiazole rings is 1. The summed E-state index contributed by atoms with van der Waals surface area (Å²) in [6.07, 6.45) is 2.88. The molecule has 0 unspecified atom stereocenters. The van der Waals surface area contributed by atoms with Gasteiger partial charge in [-0.1, -0.05) is 0 Å². The summed E-state index contributed by atoms with van der Waals surface area (Å²) in [6.45, 7) is 4.52. The van der Waals surface area contributed by atoms with Crippen LogP contribution in [0.1, 0.15) is 21.8 Å². The Morgan fingerprint density at radius 2 is 2.20 bits per heavy atom. The van der Waals surface area contributed by atoms with Crippen molar-refractivity contribution in [1.82, 2.24) is 14.8 Å². The van der Waals surface area contributed by atoms with Crippen molar-refractivity contribution in [2.75, 3.05) is 26.2 Å². The molecule has 3 heterocycles. The van der Waals surface area contributed by atoms with Gasteiger partial charge in [0.15, 0.2) is 0 Å². The first-order chi connectivity index (χ1) is 9.83. The van der Waals surface area contributed by atoms with E-state index in [1.165, 1.54) is 0 Å². The molecular formula is C14H17N3OS2. The van der Waals surface area contributed by atoms with E-state index in [-0.39, 0.29) is 5.91 Å². The Bertz CT molecular complexity index is 539. The summed E-state index contributed by atoms with van der Waals surface area (Å²) in [5.74, 6) is 0.169. The largest absolute Gasteiger partial charge is 0.337 e. The van der Waals surface area contributed by atoms with Gasteiger partial charge >= 0.3 is 0 Å². The maximum atomic E-state index is 12.3. The molecule has 2 aromatic rings. The van der Waals surface area contributed by atoms with Gasteiger partial charge in [0, 0.05) is 43.1 Å². The average molecular weight is 307 g/mol. The quantitative estimate of drug-likeness (QED) is 0.874. The van der Waals surface area contributed by atoms with E-state index in [9.17, 15) is 4.79 Å². The lowest BCUT2D eigenvalue weighted by atomic mass is 10.3. The predicted octanol–water partition coefficient (Wildman–Crippen LogP) is 2.55. The second kappa shape index (κ2) is 6.47. The number of amides is 1. The van der Waals surface area contributed by atoms with E-state index in [0.29, 0.717) is 0 Å². The molecule has 6 heteroatoms. The zero-order valence-corrected chi connectivity index (χ0v) is 12.8. The number of rotatable bonds is 3. The number of thiophene rings is 1. The molecule has 1 saturated heterocycles. The molecule has 20 heavy (non-hydrogen) atoms. The molecule has 0 bridgehead atoms. The fourth-order valence-corrected chi connectivity index (χ4v) is 3.71. The van der Waals surface area contributed by atoms with Crippen molar-refractivity contribution >= 4 is 28.6 Å². The van der Waals surface area contributed by atoms with Crippen LogP contribution >= 0.6 is 22.7 Å². The van der Waals surface area contributed by atoms with E-state index in [4.69, 9.17) is 0 Å². The number of nitrogens with zero attached hydrogens (tertiary/aromatic N) is 3. The first kappa shape index (κ1) is 13.7. The van der Waals surface area contributed by atoms with Crippen LogP contribution < -0.4 is 0 Å². The minimum absolute atomic E-state index is 0.169. The van der Waals surface area contributed by atoms with Crippen LogP contribution in [0.25, 0.3) is 0 Å². The SMILES string of the molecule is O=C(c1ccsc1)N1CCCN(Cc2nccs2)CC1. The van der Waals surface area contributed by atoms with Gasteiger partial charge in [-0.05, 0) is 17.9 Å². The zero-order valence-electron chi connectivity index (χ0n) is 11.2. The summed E-state index contributed by atoms with van der Waals surface area (Å²) in [5.41, 5.74) is 0.823. The summed E-state index contributed by atoms with van der Waals surface area (Å²) in [5, 5.41) is 7.06. The molecule has 1 amide bonds. The van der Waals surface area contributed by atoms with E-state index in [1.807, 2.05) is 33.3 Å². The molecule has 1 fully saturated rings. The van der Waals surface area contributed by atoms with Crippen LogP contribution in [0.5, 0.6) is 0 Å². The molecule has 1 aliphatic rings. The maximum Gasteiger partial charge on any atom is 0.254 e. The lowest BCUT2D eigenvalue weighted by Gasteiger charge is -2.21. The van der Waals surface area contributed by atoms with E-state index in [0.717, 1.165) is 49.7 Å². The molecule has 0 atom stereocenters. The van der Waals surface area contributed by atoms with Crippen molar-refractivity contribution in [3.05, 3.63) is 39.0 Å². The van der Waals surface area contributed by atoms with Gasteiger partial charge in [-0.15, -0.1) is 11.3 Å². The van der Waals surface area contributed by atoms with Gasteiger partial charge in [0.25, 0.3) is 5.91 Å². The Morgan fingerprint density at radius 3 is 2.95 bits per heavy atom. The molecule has 4 nitrogen and oxygen atoms in total. The molecule has 106 valence electrons. The van der Waals surface area contributed by atoms with Gasteiger partial charge in [0.05, 0.1) is 12.1 Å². The smallest absolute Gasteiger partial charge is 0.254 e. The van der Waals surface area contributed by atoms with Crippen molar-refractivity contribution in [2.24, 2.45) is 0 Å². The summed E-state index contributed by atoms with van der Waals surface area (Å²) in [7, 11) is 0. The fourth-order valence-electron chi connectivity index (χ4n) is 2.42. The minimum atomic E-state index is 0.169. The standard InChI is InChI=1S/C14H17N3OS2/c18-14(12-2-8-19-11-12)17-5-1-4-16(6-7-17)10-13-15-3-9-20-13/h2-3,8-9,11H,1,4-7,10H2. The second-order valence-corrected chi connectivity index (χ2v) is 6.62. The lowest BCUT2D eigenvalue weighted by molar-refractivity contribution is 0.0761. The summed E-state index contributed by atoms with van der Waals surface area (Å²) in [6, 6.07) is 1.91. The normalized spacial score (nSPS) is 17.1. The number of carbonyl (C=O) groups excluding carboxylic acids is 1. The zero-order chi connectivity index (χ0) is 13.8. The third-order valence-electron chi connectivity index (χ3n) is 3.49. The Hall–Kier alpha value is -1.24. The van der Waals surface area contributed by atoms with Gasteiger partial charge in [-0.25, -0.2) is 4.98 Å². The summed E-state index contributed by atoms with van der Waals surface area (Å²) in [4.78, 5) is 21.0. The van der Waals surface area contributed by atoms with Crippen molar-refractivity contribution in [3.63, 3.8) is 0 Å². The summed E-state index contributed by atoms with van der Waals surface area (Å²) < 4.78 is 0. The molecule has 3 rings (SSSR count). The predicted molar refractivity (Wildman–Crippen MR) is 82.2 cm³/mol. The first-order valence-corrected chi connectivity index (χ1v) is 8.57. The third-order valence-corrected chi connectivity index (χ3v) is 4.93. The van der Waals surface area contributed by atoms with Crippen LogP contribution in [-0.2, 0) is 6.54 Å².